The molecule has 1 aromatic rings. The Morgan fingerprint density at radius 1 is 1.50 bits per heavy atom. The average molecular weight is 226 g/mol. The molecular formula is C11H19FN4. The van der Waals surface area contributed by atoms with E-state index in [0.29, 0.717) is 12.6 Å². The van der Waals surface area contributed by atoms with Gasteiger partial charge in [-0.3, -0.25) is 4.68 Å². The van der Waals surface area contributed by atoms with Gasteiger partial charge in [-0.1, -0.05) is 0 Å². The van der Waals surface area contributed by atoms with Crippen molar-refractivity contribution in [1.82, 2.24) is 14.7 Å². The largest absolute Gasteiger partial charge is 0.396 e. The van der Waals surface area contributed by atoms with Crippen LogP contribution in [-0.4, -0.2) is 41.0 Å². The fraction of sp³-hybridized carbons (Fsp3) is 0.727. The van der Waals surface area contributed by atoms with E-state index >= 15 is 0 Å². The van der Waals surface area contributed by atoms with Crippen LogP contribution in [0.1, 0.15) is 24.6 Å². The van der Waals surface area contributed by atoms with Crippen molar-refractivity contribution < 1.29 is 4.39 Å². The first-order chi connectivity index (χ1) is 7.70. The van der Waals surface area contributed by atoms with Gasteiger partial charge in [0.05, 0.1) is 17.4 Å². The fourth-order valence-electron chi connectivity index (χ4n) is 2.21. The number of hydrogen-bond acceptors (Lipinski definition) is 3. The number of aromatic nitrogens is 2. The van der Waals surface area contributed by atoms with Crippen LogP contribution in [-0.2, 0) is 0 Å². The molecule has 0 unspecified atom stereocenters. The molecule has 16 heavy (non-hydrogen) atoms. The van der Waals surface area contributed by atoms with E-state index in [1.165, 1.54) is 0 Å². The van der Waals surface area contributed by atoms with Crippen molar-refractivity contribution in [3.8, 4) is 0 Å². The lowest BCUT2D eigenvalue weighted by Gasteiger charge is -2.31. The van der Waals surface area contributed by atoms with Gasteiger partial charge in [0, 0.05) is 25.8 Å². The molecule has 5 heteroatoms. The SMILES string of the molecule is Cc1nn(C2CCN(CCF)CC2)cc1N. The summed E-state index contributed by atoms with van der Waals surface area (Å²) in [4.78, 5) is 2.16. The first-order valence-corrected chi connectivity index (χ1v) is 5.80. The molecular weight excluding hydrogens is 207 g/mol. The third-order valence-corrected chi connectivity index (χ3v) is 3.29. The van der Waals surface area contributed by atoms with Gasteiger partial charge in [-0.2, -0.15) is 5.10 Å². The number of anilines is 1. The topological polar surface area (TPSA) is 47.1 Å². The minimum atomic E-state index is -0.251. The Kier molecular flexibility index (Phi) is 3.43. The van der Waals surface area contributed by atoms with E-state index in [1.54, 1.807) is 0 Å². The third-order valence-electron chi connectivity index (χ3n) is 3.29. The van der Waals surface area contributed by atoms with E-state index in [2.05, 4.69) is 10.00 Å². The zero-order chi connectivity index (χ0) is 11.5. The zero-order valence-electron chi connectivity index (χ0n) is 9.69. The Hall–Kier alpha value is -1.10. The Balaban J connectivity index is 1.93. The Morgan fingerprint density at radius 2 is 2.19 bits per heavy atom. The minimum Gasteiger partial charge on any atom is -0.396 e. The molecule has 0 saturated carbocycles. The summed E-state index contributed by atoms with van der Waals surface area (Å²) in [6, 6.07) is 0.423. The molecule has 0 aromatic carbocycles. The van der Waals surface area contributed by atoms with Gasteiger partial charge in [0.15, 0.2) is 0 Å². The summed E-state index contributed by atoms with van der Waals surface area (Å²) < 4.78 is 14.1. The molecule has 1 aliphatic heterocycles. The van der Waals surface area contributed by atoms with Crippen molar-refractivity contribution in [2.75, 3.05) is 32.0 Å². The average Bonchev–Trinajstić information content (AvgIpc) is 2.61. The van der Waals surface area contributed by atoms with E-state index in [9.17, 15) is 4.39 Å². The highest BCUT2D eigenvalue weighted by molar-refractivity contribution is 5.39. The van der Waals surface area contributed by atoms with Gasteiger partial charge >= 0.3 is 0 Å². The van der Waals surface area contributed by atoms with Crippen molar-refractivity contribution in [3.63, 3.8) is 0 Å². The summed E-state index contributed by atoms with van der Waals surface area (Å²) in [6.45, 7) is 4.14. The minimum absolute atomic E-state index is 0.251. The Labute approximate surface area is 95.2 Å². The van der Waals surface area contributed by atoms with Crippen LogP contribution in [0, 0.1) is 6.92 Å². The van der Waals surface area contributed by atoms with E-state index in [0.717, 1.165) is 37.3 Å². The number of rotatable bonds is 3. The normalized spacial score (nSPS) is 19.1. The van der Waals surface area contributed by atoms with E-state index in [1.807, 2.05) is 17.8 Å². The van der Waals surface area contributed by atoms with Gasteiger partial charge in [0.2, 0.25) is 0 Å². The van der Waals surface area contributed by atoms with E-state index in [4.69, 9.17) is 5.73 Å². The molecule has 2 N–H and O–H groups in total. The molecule has 0 amide bonds. The number of likely N-dealkylation sites (tertiary alicyclic amines) is 1. The molecule has 4 nitrogen and oxygen atoms in total. The lowest BCUT2D eigenvalue weighted by atomic mass is 10.1. The standard InChI is InChI=1S/C11H19FN4/c1-9-11(13)8-16(14-9)10-2-5-15(6-3-10)7-4-12/h8,10H,2-7,13H2,1H3. The molecule has 1 saturated heterocycles. The number of nitrogens with zero attached hydrogens (tertiary/aromatic N) is 3. The van der Waals surface area contributed by atoms with Crippen molar-refractivity contribution in [3.05, 3.63) is 11.9 Å². The summed E-state index contributed by atoms with van der Waals surface area (Å²) in [5.41, 5.74) is 7.43. The van der Waals surface area contributed by atoms with Gasteiger partial charge in [0.25, 0.3) is 0 Å². The van der Waals surface area contributed by atoms with Gasteiger partial charge in [-0.25, -0.2) is 4.39 Å². The maximum absolute atomic E-state index is 12.2. The van der Waals surface area contributed by atoms with Gasteiger partial charge in [-0.05, 0) is 19.8 Å². The van der Waals surface area contributed by atoms with Crippen molar-refractivity contribution >= 4 is 5.69 Å². The van der Waals surface area contributed by atoms with Gasteiger partial charge in [0.1, 0.15) is 6.67 Å². The summed E-state index contributed by atoms with van der Waals surface area (Å²) in [5, 5.41) is 4.40. The second-order valence-corrected chi connectivity index (χ2v) is 4.41. The highest BCUT2D eigenvalue weighted by Gasteiger charge is 2.21. The highest BCUT2D eigenvalue weighted by atomic mass is 19.1. The lowest BCUT2D eigenvalue weighted by molar-refractivity contribution is 0.169. The number of alkyl halides is 1. The van der Waals surface area contributed by atoms with Crippen LogP contribution < -0.4 is 5.73 Å². The van der Waals surface area contributed by atoms with Crippen LogP contribution in [0.3, 0.4) is 0 Å². The maximum Gasteiger partial charge on any atom is 0.102 e. The summed E-state index contributed by atoms with van der Waals surface area (Å²) in [6.07, 6.45) is 3.96. The van der Waals surface area contributed by atoms with Crippen LogP contribution in [0.2, 0.25) is 0 Å². The Morgan fingerprint density at radius 3 is 2.69 bits per heavy atom. The third kappa shape index (κ3) is 2.35. The molecule has 2 rings (SSSR count). The van der Waals surface area contributed by atoms with Crippen molar-refractivity contribution in [1.29, 1.82) is 0 Å². The maximum atomic E-state index is 12.2. The molecule has 1 aromatic heterocycles. The Bertz CT molecular complexity index is 322. The number of hydrogen-bond donors (Lipinski definition) is 1. The van der Waals surface area contributed by atoms with Crippen molar-refractivity contribution in [2.24, 2.45) is 0 Å². The lowest BCUT2D eigenvalue weighted by Crippen LogP contribution is -2.36. The molecule has 0 radical (unpaired) electrons. The first-order valence-electron chi connectivity index (χ1n) is 5.80. The highest BCUT2D eigenvalue weighted by Crippen LogP contribution is 2.23. The number of nitrogens with two attached hydrogens (primary N) is 1. The predicted molar refractivity (Wildman–Crippen MR) is 62.1 cm³/mol. The number of piperidine rings is 1. The second-order valence-electron chi connectivity index (χ2n) is 4.41. The molecule has 1 fully saturated rings. The van der Waals surface area contributed by atoms with Gasteiger partial charge < -0.3 is 10.6 Å². The quantitative estimate of drug-likeness (QED) is 0.847. The predicted octanol–water partition coefficient (Wildman–Crippen LogP) is 1.38. The van der Waals surface area contributed by atoms with E-state index in [-0.39, 0.29) is 6.67 Å². The smallest absolute Gasteiger partial charge is 0.102 e. The molecule has 90 valence electrons. The van der Waals surface area contributed by atoms with Crippen LogP contribution in [0.5, 0.6) is 0 Å². The zero-order valence-corrected chi connectivity index (χ0v) is 9.69. The molecule has 0 bridgehead atoms. The molecule has 0 aliphatic carbocycles. The second kappa shape index (κ2) is 4.82. The summed E-state index contributed by atoms with van der Waals surface area (Å²) >= 11 is 0. The fourth-order valence-corrected chi connectivity index (χ4v) is 2.21. The van der Waals surface area contributed by atoms with Crippen molar-refractivity contribution in [2.45, 2.75) is 25.8 Å². The van der Waals surface area contributed by atoms with E-state index < -0.39 is 0 Å². The molecule has 1 aliphatic rings. The van der Waals surface area contributed by atoms with Crippen LogP contribution in [0.25, 0.3) is 0 Å². The number of aryl methyl sites for hydroxylation is 1. The number of halogens is 1. The van der Waals surface area contributed by atoms with Crippen LogP contribution >= 0.6 is 0 Å². The summed E-state index contributed by atoms with van der Waals surface area (Å²) in [7, 11) is 0. The number of nitrogen functional groups attached to an aromatic ring is 1. The molecule has 0 spiro atoms. The summed E-state index contributed by atoms with van der Waals surface area (Å²) in [5.74, 6) is 0. The molecule has 0 atom stereocenters. The molecule has 2 heterocycles. The van der Waals surface area contributed by atoms with Gasteiger partial charge in [-0.15, -0.1) is 0 Å². The monoisotopic (exact) mass is 226 g/mol. The van der Waals surface area contributed by atoms with Crippen LogP contribution in [0.15, 0.2) is 6.20 Å². The van der Waals surface area contributed by atoms with Crippen LogP contribution in [0.4, 0.5) is 10.1 Å². The first kappa shape index (κ1) is 11.4.